The molecule has 2 fully saturated rings. The van der Waals surface area contributed by atoms with Gasteiger partial charge in [-0.2, -0.15) is 0 Å². The van der Waals surface area contributed by atoms with Crippen molar-refractivity contribution in [3.8, 4) is 0 Å². The van der Waals surface area contributed by atoms with E-state index in [2.05, 4.69) is 11.4 Å². The fourth-order valence-electron chi connectivity index (χ4n) is 4.54. The molecule has 0 radical (unpaired) electrons. The molecule has 26 heavy (non-hydrogen) atoms. The molecule has 2 aliphatic heterocycles. The molecular formula is C20H25N3O3. The first-order chi connectivity index (χ1) is 12.5. The van der Waals surface area contributed by atoms with Crippen LogP contribution in [0.1, 0.15) is 43.7 Å². The van der Waals surface area contributed by atoms with Gasteiger partial charge in [-0.15, -0.1) is 0 Å². The second kappa shape index (κ2) is 6.41. The number of likely N-dealkylation sites (tertiary alicyclic amines) is 1. The van der Waals surface area contributed by atoms with Crippen LogP contribution in [0.2, 0.25) is 0 Å². The zero-order valence-electron chi connectivity index (χ0n) is 15.2. The lowest BCUT2D eigenvalue weighted by Gasteiger charge is -2.34. The second-order valence-electron chi connectivity index (χ2n) is 7.78. The minimum absolute atomic E-state index is 0.131. The summed E-state index contributed by atoms with van der Waals surface area (Å²) in [5.74, 6) is -0.385. The number of carbonyl (C=O) groups is 3. The van der Waals surface area contributed by atoms with Crippen LogP contribution in [0.3, 0.4) is 0 Å². The highest BCUT2D eigenvalue weighted by molar-refractivity contribution is 6.09. The van der Waals surface area contributed by atoms with Gasteiger partial charge in [0.2, 0.25) is 5.91 Å². The number of urea groups is 1. The van der Waals surface area contributed by atoms with Crippen molar-refractivity contribution in [2.24, 2.45) is 0 Å². The SMILES string of the molecule is CC1CCCCN1C(=O)CN1C(=O)NC2(CCc3ccccc3C2)C1=O. The molecule has 1 N–H and O–H groups in total. The Balaban J connectivity index is 1.50. The normalized spacial score (nSPS) is 28.3. The van der Waals surface area contributed by atoms with E-state index in [1.165, 1.54) is 5.56 Å². The zero-order valence-corrected chi connectivity index (χ0v) is 15.2. The molecule has 1 aromatic carbocycles. The monoisotopic (exact) mass is 355 g/mol. The van der Waals surface area contributed by atoms with Crippen LogP contribution < -0.4 is 5.32 Å². The maximum absolute atomic E-state index is 13.1. The highest BCUT2D eigenvalue weighted by atomic mass is 16.2. The van der Waals surface area contributed by atoms with Gasteiger partial charge in [-0.05, 0) is 50.2 Å². The third kappa shape index (κ3) is 2.77. The van der Waals surface area contributed by atoms with Crippen LogP contribution in [0.5, 0.6) is 0 Å². The van der Waals surface area contributed by atoms with Crippen LogP contribution in [0, 0.1) is 0 Å². The zero-order chi connectivity index (χ0) is 18.3. The van der Waals surface area contributed by atoms with Gasteiger partial charge in [0.15, 0.2) is 0 Å². The van der Waals surface area contributed by atoms with Gasteiger partial charge in [-0.1, -0.05) is 24.3 Å². The van der Waals surface area contributed by atoms with Crippen molar-refractivity contribution >= 4 is 17.8 Å². The number of rotatable bonds is 2. The average Bonchev–Trinajstić information content (AvgIpc) is 2.86. The van der Waals surface area contributed by atoms with Crippen LogP contribution in [-0.2, 0) is 22.4 Å². The molecular weight excluding hydrogens is 330 g/mol. The number of fused-ring (bicyclic) bond motifs is 1. The predicted molar refractivity (Wildman–Crippen MR) is 96.5 cm³/mol. The summed E-state index contributed by atoms with van der Waals surface area (Å²) in [6.45, 7) is 2.59. The van der Waals surface area contributed by atoms with E-state index in [0.29, 0.717) is 19.4 Å². The molecule has 4 rings (SSSR count). The minimum Gasteiger partial charge on any atom is -0.338 e. The van der Waals surface area contributed by atoms with E-state index in [4.69, 9.17) is 0 Å². The number of hydrogen-bond acceptors (Lipinski definition) is 3. The Hall–Kier alpha value is -2.37. The number of nitrogens with one attached hydrogen (secondary N) is 1. The summed E-state index contributed by atoms with van der Waals surface area (Å²) in [5, 5.41) is 2.90. The fourth-order valence-corrected chi connectivity index (χ4v) is 4.54. The summed E-state index contributed by atoms with van der Waals surface area (Å²) >= 11 is 0. The number of piperidine rings is 1. The first-order valence-electron chi connectivity index (χ1n) is 9.50. The molecule has 2 atom stereocenters. The second-order valence-corrected chi connectivity index (χ2v) is 7.78. The molecule has 0 aromatic heterocycles. The lowest BCUT2D eigenvalue weighted by molar-refractivity contribution is -0.141. The Labute approximate surface area is 153 Å². The number of carbonyl (C=O) groups excluding carboxylic acids is 3. The smallest absolute Gasteiger partial charge is 0.325 e. The van der Waals surface area contributed by atoms with E-state index in [0.717, 1.165) is 36.1 Å². The first-order valence-corrected chi connectivity index (χ1v) is 9.50. The number of amides is 4. The fraction of sp³-hybridized carbons (Fsp3) is 0.550. The van der Waals surface area contributed by atoms with Crippen LogP contribution in [0.25, 0.3) is 0 Å². The molecule has 6 heteroatoms. The van der Waals surface area contributed by atoms with Crippen LogP contribution in [0.15, 0.2) is 24.3 Å². The molecule has 2 unspecified atom stereocenters. The van der Waals surface area contributed by atoms with Gasteiger partial charge in [-0.25, -0.2) is 4.79 Å². The molecule has 2 saturated heterocycles. The van der Waals surface area contributed by atoms with Crippen molar-refractivity contribution in [1.82, 2.24) is 15.1 Å². The maximum atomic E-state index is 13.1. The van der Waals surface area contributed by atoms with E-state index in [1.54, 1.807) is 0 Å². The van der Waals surface area contributed by atoms with Crippen LogP contribution in [0.4, 0.5) is 4.79 Å². The Kier molecular flexibility index (Phi) is 4.21. The lowest BCUT2D eigenvalue weighted by atomic mass is 9.78. The Morgan fingerprint density at radius 1 is 1.23 bits per heavy atom. The summed E-state index contributed by atoms with van der Waals surface area (Å²) in [6, 6.07) is 7.77. The molecule has 0 bridgehead atoms. The van der Waals surface area contributed by atoms with Gasteiger partial charge >= 0.3 is 6.03 Å². The minimum atomic E-state index is -0.890. The average molecular weight is 355 g/mol. The summed E-state index contributed by atoms with van der Waals surface area (Å²) in [4.78, 5) is 41.2. The highest BCUT2D eigenvalue weighted by Crippen LogP contribution is 2.33. The summed E-state index contributed by atoms with van der Waals surface area (Å²) < 4.78 is 0. The van der Waals surface area contributed by atoms with Crippen molar-refractivity contribution in [2.75, 3.05) is 13.1 Å². The van der Waals surface area contributed by atoms with Gasteiger partial charge in [0.05, 0.1) is 0 Å². The highest BCUT2D eigenvalue weighted by Gasteiger charge is 2.52. The van der Waals surface area contributed by atoms with Gasteiger partial charge < -0.3 is 10.2 Å². The van der Waals surface area contributed by atoms with Crippen molar-refractivity contribution < 1.29 is 14.4 Å². The molecule has 2 heterocycles. The van der Waals surface area contributed by atoms with Crippen molar-refractivity contribution in [2.45, 2.75) is 57.0 Å². The lowest BCUT2D eigenvalue weighted by Crippen LogP contribution is -2.52. The quantitative estimate of drug-likeness (QED) is 0.824. The van der Waals surface area contributed by atoms with E-state index in [9.17, 15) is 14.4 Å². The molecule has 138 valence electrons. The number of hydrogen-bond donors (Lipinski definition) is 1. The molecule has 3 aliphatic rings. The predicted octanol–water partition coefficient (Wildman–Crippen LogP) is 1.87. The number of imide groups is 1. The van der Waals surface area contributed by atoms with Crippen LogP contribution >= 0.6 is 0 Å². The van der Waals surface area contributed by atoms with Gasteiger partial charge in [0.25, 0.3) is 5.91 Å². The Morgan fingerprint density at radius 3 is 2.77 bits per heavy atom. The van der Waals surface area contributed by atoms with E-state index in [-0.39, 0.29) is 24.4 Å². The van der Waals surface area contributed by atoms with E-state index < -0.39 is 11.6 Å². The number of nitrogens with zero attached hydrogens (tertiary/aromatic N) is 2. The molecule has 6 nitrogen and oxygen atoms in total. The summed E-state index contributed by atoms with van der Waals surface area (Å²) in [6.07, 6.45) is 4.92. The van der Waals surface area contributed by atoms with Crippen molar-refractivity contribution in [3.05, 3.63) is 35.4 Å². The van der Waals surface area contributed by atoms with Crippen molar-refractivity contribution in [3.63, 3.8) is 0 Å². The molecule has 4 amide bonds. The van der Waals surface area contributed by atoms with Crippen molar-refractivity contribution in [1.29, 1.82) is 0 Å². The summed E-state index contributed by atoms with van der Waals surface area (Å²) in [5.41, 5.74) is 1.45. The maximum Gasteiger partial charge on any atom is 0.325 e. The Bertz CT molecular complexity index is 762. The molecule has 1 aromatic rings. The van der Waals surface area contributed by atoms with E-state index >= 15 is 0 Å². The topological polar surface area (TPSA) is 69.7 Å². The largest absolute Gasteiger partial charge is 0.338 e. The molecule has 0 saturated carbocycles. The van der Waals surface area contributed by atoms with Gasteiger partial charge in [0, 0.05) is 19.0 Å². The number of benzene rings is 1. The summed E-state index contributed by atoms with van der Waals surface area (Å²) in [7, 11) is 0. The van der Waals surface area contributed by atoms with Crippen LogP contribution in [-0.4, -0.2) is 52.3 Å². The van der Waals surface area contributed by atoms with Gasteiger partial charge in [-0.3, -0.25) is 14.5 Å². The molecule has 1 aliphatic carbocycles. The Morgan fingerprint density at radius 2 is 2.00 bits per heavy atom. The van der Waals surface area contributed by atoms with Gasteiger partial charge in [0.1, 0.15) is 12.1 Å². The third-order valence-corrected chi connectivity index (χ3v) is 6.09. The standard InChI is InChI=1S/C20H25N3O3/c1-14-6-4-5-11-22(14)17(24)13-23-18(25)20(21-19(23)26)10-9-15-7-2-3-8-16(15)12-20/h2-3,7-8,14H,4-6,9-13H2,1H3,(H,21,26). The third-order valence-electron chi connectivity index (χ3n) is 6.09. The molecule has 1 spiro atoms. The first kappa shape index (κ1) is 17.1. The van der Waals surface area contributed by atoms with E-state index in [1.807, 2.05) is 30.0 Å². The number of aryl methyl sites for hydroxylation is 1.